The van der Waals surface area contributed by atoms with Crippen LogP contribution in [0.4, 0.5) is 34.1 Å². The number of para-hydroxylation sites is 3. The molecule has 2 aliphatic carbocycles. The fourth-order valence-corrected chi connectivity index (χ4v) is 11.2. The molecule has 8 aromatic rings. The lowest BCUT2D eigenvalue weighted by molar-refractivity contribution is 0.590. The van der Waals surface area contributed by atoms with Crippen molar-refractivity contribution in [3.05, 3.63) is 174 Å². The number of anilines is 6. The zero-order valence-corrected chi connectivity index (χ0v) is 34.4. The number of aromatic nitrogens is 2. The van der Waals surface area contributed by atoms with Crippen LogP contribution in [-0.4, -0.2) is 15.8 Å². The molecule has 0 atom stereocenters. The summed E-state index contributed by atoms with van der Waals surface area (Å²) in [6.07, 6.45) is 9.13. The van der Waals surface area contributed by atoms with E-state index >= 15 is 0 Å². The first-order valence-corrected chi connectivity index (χ1v) is 21.9. The molecule has 0 saturated heterocycles. The molecule has 0 radical (unpaired) electrons. The summed E-state index contributed by atoms with van der Waals surface area (Å²) in [5, 5.41) is 2.56. The first-order chi connectivity index (χ1) is 29.0. The number of hydrogen-bond acceptors (Lipinski definition) is 2. The Morgan fingerprint density at radius 1 is 0.441 bits per heavy atom. The van der Waals surface area contributed by atoms with Gasteiger partial charge in [0.25, 0.3) is 6.71 Å². The molecule has 0 N–H and O–H groups in total. The second-order valence-corrected chi connectivity index (χ2v) is 18.2. The molecule has 0 spiro atoms. The van der Waals surface area contributed by atoms with Gasteiger partial charge in [-0.25, -0.2) is 0 Å². The maximum absolute atomic E-state index is 2.75. The monoisotopic (exact) mass is 764 g/mol. The molecule has 59 heavy (non-hydrogen) atoms. The minimum absolute atomic E-state index is 0.0122. The van der Waals surface area contributed by atoms with Crippen molar-refractivity contribution >= 4 is 68.3 Å². The molecule has 2 aliphatic heterocycles. The van der Waals surface area contributed by atoms with Gasteiger partial charge in [0.15, 0.2) is 0 Å². The number of fused-ring (bicyclic) bond motifs is 9. The SMILES string of the molecule is CC(C)(C)c1cc2c3c(c1)N(c1ccccc1)c1c4c(n(-c5ccc6ccccc6c5)c1B3c1c(c3c(n1-c1ccccc1)CCCC3)N2c1ccccc1)CCCC4. The van der Waals surface area contributed by atoms with Gasteiger partial charge < -0.3 is 18.9 Å². The van der Waals surface area contributed by atoms with E-state index < -0.39 is 0 Å². The molecule has 12 rings (SSSR count). The van der Waals surface area contributed by atoms with Crippen molar-refractivity contribution in [1.82, 2.24) is 9.13 Å². The first kappa shape index (κ1) is 34.8. The van der Waals surface area contributed by atoms with Crippen LogP contribution in [0, 0.1) is 0 Å². The van der Waals surface area contributed by atoms with Gasteiger partial charge in [-0.05, 0) is 150 Å². The second-order valence-electron chi connectivity index (χ2n) is 18.2. The largest absolute Gasteiger partial charge is 0.323 e. The van der Waals surface area contributed by atoms with Crippen LogP contribution >= 0.6 is 0 Å². The smallest absolute Gasteiger partial charge is 0.294 e. The highest BCUT2D eigenvalue weighted by atomic mass is 15.2. The Morgan fingerprint density at radius 3 is 1.42 bits per heavy atom. The Kier molecular flexibility index (Phi) is 7.76. The fourth-order valence-electron chi connectivity index (χ4n) is 11.2. The van der Waals surface area contributed by atoms with Crippen LogP contribution in [0.5, 0.6) is 0 Å². The molecular weight excluding hydrogens is 715 g/mol. The number of rotatable bonds is 4. The summed E-state index contributed by atoms with van der Waals surface area (Å²) >= 11 is 0. The summed E-state index contributed by atoms with van der Waals surface area (Å²) in [5.41, 5.74) is 21.9. The van der Waals surface area contributed by atoms with Gasteiger partial charge in [0.2, 0.25) is 0 Å². The Labute approximate surface area is 348 Å². The molecule has 0 amide bonds. The van der Waals surface area contributed by atoms with Crippen LogP contribution in [0.1, 0.15) is 74.5 Å². The van der Waals surface area contributed by atoms with Crippen molar-refractivity contribution in [2.24, 2.45) is 0 Å². The molecule has 2 aromatic heterocycles. The fraction of sp³-hybridized carbons (Fsp3) is 0.222. The molecule has 0 bridgehead atoms. The van der Waals surface area contributed by atoms with Gasteiger partial charge >= 0.3 is 0 Å². The average Bonchev–Trinajstić information content (AvgIpc) is 3.80. The van der Waals surface area contributed by atoms with Gasteiger partial charge in [0, 0.05) is 56.7 Å². The molecule has 4 aliphatic rings. The van der Waals surface area contributed by atoms with Gasteiger partial charge in [-0.1, -0.05) is 106 Å². The molecule has 4 heterocycles. The highest BCUT2D eigenvalue weighted by Crippen LogP contribution is 2.51. The van der Waals surface area contributed by atoms with Crippen LogP contribution in [0.3, 0.4) is 0 Å². The molecule has 4 nitrogen and oxygen atoms in total. The van der Waals surface area contributed by atoms with Crippen molar-refractivity contribution in [3.63, 3.8) is 0 Å². The van der Waals surface area contributed by atoms with Gasteiger partial charge in [-0.15, -0.1) is 0 Å². The van der Waals surface area contributed by atoms with E-state index in [2.05, 4.69) is 185 Å². The van der Waals surface area contributed by atoms with E-state index in [4.69, 9.17) is 0 Å². The third-order valence-electron chi connectivity index (χ3n) is 13.8. The summed E-state index contributed by atoms with van der Waals surface area (Å²) in [4.78, 5) is 5.37. The third-order valence-corrected chi connectivity index (χ3v) is 13.8. The Balaban J connectivity index is 1.30. The van der Waals surface area contributed by atoms with Crippen LogP contribution < -0.4 is 26.4 Å². The second kappa shape index (κ2) is 13.2. The van der Waals surface area contributed by atoms with Crippen molar-refractivity contribution in [1.29, 1.82) is 0 Å². The lowest BCUT2D eigenvalue weighted by atomic mass is 9.36. The molecule has 288 valence electrons. The summed E-state index contributed by atoms with van der Waals surface area (Å²) in [6.45, 7) is 7.13. The quantitative estimate of drug-likeness (QED) is 0.166. The minimum atomic E-state index is -0.0713. The lowest BCUT2D eigenvalue weighted by Crippen LogP contribution is -2.64. The predicted octanol–water partition coefficient (Wildman–Crippen LogP) is 11.6. The van der Waals surface area contributed by atoms with E-state index in [0.29, 0.717) is 0 Å². The van der Waals surface area contributed by atoms with Crippen LogP contribution in [-0.2, 0) is 31.1 Å². The number of nitrogens with zero attached hydrogens (tertiary/aromatic N) is 4. The van der Waals surface area contributed by atoms with Crippen molar-refractivity contribution in [3.8, 4) is 11.4 Å². The van der Waals surface area contributed by atoms with Crippen LogP contribution in [0.15, 0.2) is 146 Å². The molecule has 5 heteroatoms. The van der Waals surface area contributed by atoms with Gasteiger partial charge in [0.05, 0.1) is 11.4 Å². The number of hydrogen-bond donors (Lipinski definition) is 0. The maximum atomic E-state index is 2.75. The van der Waals surface area contributed by atoms with E-state index in [0.717, 1.165) is 25.7 Å². The zero-order chi connectivity index (χ0) is 39.4. The Hall–Kier alpha value is -6.20. The highest BCUT2D eigenvalue weighted by Gasteiger charge is 2.51. The van der Waals surface area contributed by atoms with E-state index in [1.165, 1.54) is 127 Å². The maximum Gasteiger partial charge on any atom is 0.294 e. The molecule has 0 fully saturated rings. The van der Waals surface area contributed by atoms with Crippen molar-refractivity contribution in [2.45, 2.75) is 77.6 Å². The van der Waals surface area contributed by atoms with Crippen molar-refractivity contribution in [2.75, 3.05) is 9.80 Å². The highest BCUT2D eigenvalue weighted by molar-refractivity contribution is 7.00. The summed E-state index contributed by atoms with van der Waals surface area (Å²) in [5.74, 6) is 0. The number of benzene rings is 6. The first-order valence-electron chi connectivity index (χ1n) is 21.9. The van der Waals surface area contributed by atoms with Crippen LogP contribution in [0.25, 0.3) is 22.1 Å². The van der Waals surface area contributed by atoms with Crippen molar-refractivity contribution < 1.29 is 0 Å². The standard InChI is InChI=1S/C54H49BN4/c1-54(2,3)38-34-47-49-48(35-38)57(40-23-9-5-10-24-40)51-44-28-16-18-30-46(44)59(42-32-31-36-19-13-14-20-37(36)33-42)53(51)55(49)52-50(56(47)39-21-7-4-8-22-39)43-27-15-17-29-45(43)58(52)41-25-11-6-12-26-41/h4-14,19-26,31-35H,15-18,27-30H2,1-3H3. The topological polar surface area (TPSA) is 16.3 Å². The summed E-state index contributed by atoms with van der Waals surface area (Å²) in [6, 6.07) is 55.0. The molecule has 0 unspecified atom stereocenters. The van der Waals surface area contributed by atoms with E-state index in [1.54, 1.807) is 0 Å². The van der Waals surface area contributed by atoms with E-state index in [-0.39, 0.29) is 12.1 Å². The normalized spacial score (nSPS) is 15.4. The van der Waals surface area contributed by atoms with Gasteiger partial charge in [0.1, 0.15) is 0 Å². The molecular formula is C54H49BN4. The molecule has 6 aromatic carbocycles. The Bertz CT molecular complexity index is 2920. The summed E-state index contributed by atoms with van der Waals surface area (Å²) in [7, 11) is 0. The predicted molar refractivity (Wildman–Crippen MR) is 249 cm³/mol. The van der Waals surface area contributed by atoms with Gasteiger partial charge in [-0.3, -0.25) is 0 Å². The zero-order valence-electron chi connectivity index (χ0n) is 34.4. The average molecular weight is 765 g/mol. The van der Waals surface area contributed by atoms with E-state index in [1.807, 2.05) is 0 Å². The third kappa shape index (κ3) is 5.16. The summed E-state index contributed by atoms with van der Waals surface area (Å²) < 4.78 is 5.48. The molecule has 0 saturated carbocycles. The minimum Gasteiger partial charge on any atom is -0.323 e. The Morgan fingerprint density at radius 2 is 0.898 bits per heavy atom. The van der Waals surface area contributed by atoms with Gasteiger partial charge in [-0.2, -0.15) is 0 Å². The lowest BCUT2D eigenvalue weighted by Gasteiger charge is -2.44. The van der Waals surface area contributed by atoms with Crippen LogP contribution in [0.2, 0.25) is 0 Å². The van der Waals surface area contributed by atoms with E-state index in [9.17, 15) is 0 Å².